The van der Waals surface area contributed by atoms with Gasteiger partial charge in [0.05, 0.1) is 17.8 Å². The maximum Gasteiger partial charge on any atom is 0.341 e. The zero-order chi connectivity index (χ0) is 35.8. The second kappa shape index (κ2) is 15.2. The van der Waals surface area contributed by atoms with Crippen LogP contribution in [0.1, 0.15) is 116 Å². The zero-order valence-corrected chi connectivity index (χ0v) is 35.5. The van der Waals surface area contributed by atoms with Crippen LogP contribution in [0.5, 0.6) is 0 Å². The van der Waals surface area contributed by atoms with E-state index in [-0.39, 0.29) is 12.5 Å². The van der Waals surface area contributed by atoms with Gasteiger partial charge >= 0.3 is 5.97 Å². The van der Waals surface area contributed by atoms with E-state index >= 15 is 0 Å². The maximum atomic E-state index is 13.6. The highest BCUT2D eigenvalue weighted by atomic mass is 28.4. The van der Waals surface area contributed by atoms with Gasteiger partial charge in [-0.1, -0.05) is 90.0 Å². The van der Waals surface area contributed by atoms with Gasteiger partial charge in [0, 0.05) is 18.9 Å². The van der Waals surface area contributed by atoms with Crippen molar-refractivity contribution in [1.82, 2.24) is 0 Å². The molecular formula is C36H72O8Si3. The Hall–Kier alpha value is -0.119. The van der Waals surface area contributed by atoms with Crippen molar-refractivity contribution in [3.63, 3.8) is 0 Å². The van der Waals surface area contributed by atoms with E-state index in [4.69, 9.17) is 22.8 Å². The van der Waals surface area contributed by atoms with Gasteiger partial charge in [0.2, 0.25) is 0 Å². The Labute approximate surface area is 290 Å². The van der Waals surface area contributed by atoms with E-state index in [1.165, 1.54) is 0 Å². The fourth-order valence-corrected chi connectivity index (χ4v) is 21.4. The second-order valence-corrected chi connectivity index (χ2v) is 31.3. The van der Waals surface area contributed by atoms with E-state index in [1.807, 2.05) is 6.92 Å². The molecule has 2 N–H and O–H groups in total. The topological polar surface area (TPSA) is 104 Å². The SMILES string of the molecule is CC[Si](CC)(CC)O[C@H]1C[C@@](C)(O[Si](CC)(CC)CC)[C@H]2CC[C@@]3(O)C(=O)O[C@H]([C@H]3O2)[C@@]1(O)[C@@H](C)CO[Si](C(C)C)(C(C)C)C(C)C. The number of aliphatic hydroxyl groups is 2. The Morgan fingerprint density at radius 2 is 1.30 bits per heavy atom. The zero-order valence-electron chi connectivity index (χ0n) is 32.5. The number of rotatable bonds is 17. The summed E-state index contributed by atoms with van der Waals surface area (Å²) in [5.41, 5.74) is -3.18. The number of ether oxygens (including phenoxy) is 2. The number of carbonyl (C=O) groups excluding carboxylic acids is 1. The van der Waals surface area contributed by atoms with Crippen molar-refractivity contribution in [1.29, 1.82) is 0 Å². The van der Waals surface area contributed by atoms with Gasteiger partial charge in [-0.15, -0.1) is 0 Å². The molecule has 0 saturated carbocycles. The quantitative estimate of drug-likeness (QED) is 0.114. The lowest BCUT2D eigenvalue weighted by atomic mass is 9.68. The largest absolute Gasteiger partial charge is 0.454 e. The minimum absolute atomic E-state index is 0.212. The minimum Gasteiger partial charge on any atom is -0.454 e. The van der Waals surface area contributed by atoms with Crippen molar-refractivity contribution in [2.75, 3.05) is 6.61 Å². The fraction of sp³-hybridized carbons (Fsp3) is 0.972. The van der Waals surface area contributed by atoms with Crippen LogP contribution < -0.4 is 0 Å². The average Bonchev–Trinajstić information content (AvgIpc) is 3.30. The molecule has 3 rings (SSSR count). The first-order valence-electron chi connectivity index (χ1n) is 19.1. The van der Waals surface area contributed by atoms with Crippen LogP contribution in [0.4, 0.5) is 0 Å². The summed E-state index contributed by atoms with van der Waals surface area (Å²) >= 11 is 0. The normalized spacial score (nSPS) is 34.1. The highest BCUT2D eigenvalue weighted by Crippen LogP contribution is 2.53. The van der Waals surface area contributed by atoms with E-state index in [9.17, 15) is 15.0 Å². The van der Waals surface area contributed by atoms with E-state index in [1.54, 1.807) is 0 Å². The Kier molecular flexibility index (Phi) is 13.4. The first kappa shape index (κ1) is 41.3. The third-order valence-electron chi connectivity index (χ3n) is 13.5. The predicted octanol–water partition coefficient (Wildman–Crippen LogP) is 8.32. The molecule has 0 aliphatic carbocycles. The Bertz CT molecular complexity index is 1010. The molecule has 3 aliphatic heterocycles. The molecule has 2 bridgehead atoms. The van der Waals surface area contributed by atoms with E-state index in [0.29, 0.717) is 36.1 Å². The molecule has 8 nitrogen and oxygen atoms in total. The summed E-state index contributed by atoms with van der Waals surface area (Å²) < 4.78 is 34.9. The van der Waals surface area contributed by atoms with Gasteiger partial charge in [-0.25, -0.2) is 4.79 Å². The number of hydrogen-bond donors (Lipinski definition) is 2. The van der Waals surface area contributed by atoms with Gasteiger partial charge in [0.15, 0.2) is 36.7 Å². The third kappa shape index (κ3) is 7.06. The number of fused-ring (bicyclic) bond motifs is 1. The van der Waals surface area contributed by atoms with Crippen molar-refractivity contribution in [2.45, 2.75) is 210 Å². The smallest absolute Gasteiger partial charge is 0.341 e. The molecule has 0 amide bonds. The van der Waals surface area contributed by atoms with Gasteiger partial charge in [0.25, 0.3) is 0 Å². The van der Waals surface area contributed by atoms with Gasteiger partial charge in [-0.2, -0.15) is 0 Å². The molecule has 0 aromatic heterocycles. The van der Waals surface area contributed by atoms with Gasteiger partial charge in [0.1, 0.15) is 11.7 Å². The maximum absolute atomic E-state index is 13.6. The molecule has 276 valence electrons. The van der Waals surface area contributed by atoms with Crippen LogP contribution in [0.15, 0.2) is 0 Å². The molecule has 0 unspecified atom stereocenters. The van der Waals surface area contributed by atoms with Crippen LogP contribution in [0.3, 0.4) is 0 Å². The van der Waals surface area contributed by atoms with Gasteiger partial charge in [-0.05, 0) is 72.7 Å². The summed E-state index contributed by atoms with van der Waals surface area (Å²) in [5.74, 6) is -1.19. The molecule has 0 aromatic carbocycles. The molecule has 3 aliphatic rings. The fourth-order valence-electron chi connectivity index (χ4n) is 9.81. The average molecular weight is 717 g/mol. The molecule has 3 heterocycles. The highest BCUT2D eigenvalue weighted by Gasteiger charge is 2.71. The summed E-state index contributed by atoms with van der Waals surface area (Å²) in [4.78, 5) is 13.6. The molecule has 0 spiro atoms. The molecule has 47 heavy (non-hydrogen) atoms. The lowest BCUT2D eigenvalue weighted by Gasteiger charge is -2.57. The van der Waals surface area contributed by atoms with Crippen LogP contribution in [0, 0.1) is 5.92 Å². The van der Waals surface area contributed by atoms with Crippen LogP contribution in [-0.4, -0.2) is 89.0 Å². The summed E-state index contributed by atoms with van der Waals surface area (Å²) in [6, 6.07) is 5.66. The molecule has 11 heteroatoms. The summed E-state index contributed by atoms with van der Waals surface area (Å²) in [6.45, 7) is 31.3. The van der Waals surface area contributed by atoms with Crippen molar-refractivity contribution < 1.29 is 37.8 Å². The van der Waals surface area contributed by atoms with Crippen LogP contribution >= 0.6 is 0 Å². The first-order chi connectivity index (χ1) is 21.8. The standard InChI is InChI=1S/C36H72O8Si3/c1-15-45(16-2,17-3)43-30-23-34(14,44-46(18-4,19-5)20-6)29-21-22-35(38)31(41-29)32(42-33(35)37)36(30,39)28(13)24-40-47(25(7)8,26(9)10)27(11)12/h25-32,38-39H,15-24H2,1-14H3/t28-,29+,30-,31+,32+,34+,35-,36+/m0/s1. The monoisotopic (exact) mass is 716 g/mol. The van der Waals surface area contributed by atoms with Gasteiger partial charge in [-0.3, -0.25) is 0 Å². The number of carbonyl (C=O) groups is 1. The van der Waals surface area contributed by atoms with E-state index in [0.717, 1.165) is 36.3 Å². The Morgan fingerprint density at radius 3 is 1.74 bits per heavy atom. The lowest BCUT2D eigenvalue weighted by molar-refractivity contribution is -0.272. The number of esters is 1. The van der Waals surface area contributed by atoms with Gasteiger partial charge < -0.3 is 33.0 Å². The summed E-state index contributed by atoms with van der Waals surface area (Å²) in [6.07, 6.45) is -2.08. The molecule has 0 radical (unpaired) electrons. The highest BCUT2D eigenvalue weighted by molar-refractivity contribution is 6.77. The summed E-state index contributed by atoms with van der Waals surface area (Å²) in [5, 5.41) is 25.4. The molecule has 8 atom stereocenters. The third-order valence-corrected chi connectivity index (χ3v) is 29.0. The minimum atomic E-state index is -2.32. The molecule has 0 aromatic rings. The van der Waals surface area contributed by atoms with Crippen molar-refractivity contribution in [2.24, 2.45) is 5.92 Å². The van der Waals surface area contributed by atoms with Crippen LogP contribution in [-0.2, 0) is 27.5 Å². The van der Waals surface area contributed by atoms with Crippen LogP contribution in [0.2, 0.25) is 52.9 Å². The van der Waals surface area contributed by atoms with E-state index in [2.05, 4.69) is 90.0 Å². The molecule has 3 saturated heterocycles. The number of hydrogen-bond acceptors (Lipinski definition) is 8. The molecule has 3 fully saturated rings. The Balaban J connectivity index is 2.27. The van der Waals surface area contributed by atoms with Crippen molar-refractivity contribution in [3.8, 4) is 0 Å². The Morgan fingerprint density at radius 1 is 0.809 bits per heavy atom. The van der Waals surface area contributed by atoms with Crippen molar-refractivity contribution in [3.05, 3.63) is 0 Å². The second-order valence-electron chi connectivity index (χ2n) is 16.5. The van der Waals surface area contributed by atoms with Crippen molar-refractivity contribution >= 4 is 30.9 Å². The summed E-state index contributed by atoms with van der Waals surface area (Å²) in [7, 11) is -6.79. The lowest BCUT2D eigenvalue weighted by Crippen LogP contribution is -2.72. The van der Waals surface area contributed by atoms with Crippen LogP contribution in [0.25, 0.3) is 0 Å². The molecular weight excluding hydrogens is 645 g/mol. The first-order valence-corrected chi connectivity index (χ1v) is 26.3. The predicted molar refractivity (Wildman–Crippen MR) is 197 cm³/mol. The van der Waals surface area contributed by atoms with E-state index < -0.39 is 72.0 Å².